The van der Waals surface area contributed by atoms with Crippen LogP contribution in [0.2, 0.25) is 0 Å². The molecule has 0 bridgehead atoms. The molecule has 3 unspecified atom stereocenters. The number of Topliss-reactive ketones (excluding diaryl/α,β-unsaturated/α-hetero) is 1. The molecular formula is C27H36N4O5. The van der Waals surface area contributed by atoms with Gasteiger partial charge in [0.1, 0.15) is 12.4 Å². The second kappa shape index (κ2) is 11.0. The van der Waals surface area contributed by atoms with Gasteiger partial charge in [0.2, 0.25) is 11.8 Å². The minimum Gasteiger partial charge on any atom is -0.501 e. The van der Waals surface area contributed by atoms with Gasteiger partial charge < -0.3 is 19.7 Å². The average molecular weight is 497 g/mol. The predicted molar refractivity (Wildman–Crippen MR) is 133 cm³/mol. The van der Waals surface area contributed by atoms with Crippen LogP contribution in [0.5, 0.6) is 5.75 Å². The maximum absolute atomic E-state index is 13.3. The monoisotopic (exact) mass is 496 g/mol. The number of carbonyl (C=O) groups is 3. The zero-order chi connectivity index (χ0) is 25.1. The molecule has 1 aliphatic carbocycles. The summed E-state index contributed by atoms with van der Waals surface area (Å²) in [6.07, 6.45) is 7.04. The van der Waals surface area contributed by atoms with Crippen molar-refractivity contribution < 1.29 is 23.9 Å². The molecular weight excluding hydrogens is 460 g/mol. The highest BCUT2D eigenvalue weighted by Gasteiger charge is 2.38. The fourth-order valence-corrected chi connectivity index (χ4v) is 5.34. The second-order valence-electron chi connectivity index (χ2n) is 10.4. The number of carbonyl (C=O) groups excluding carboxylic acids is 3. The number of amides is 2. The third-order valence-corrected chi connectivity index (χ3v) is 7.76. The minimum absolute atomic E-state index is 0.0190. The van der Waals surface area contributed by atoms with Crippen molar-refractivity contribution in [3.05, 3.63) is 42.2 Å². The average Bonchev–Trinajstić information content (AvgIpc) is 3.72. The maximum atomic E-state index is 13.3. The lowest BCUT2D eigenvalue weighted by atomic mass is 9.89. The fourth-order valence-electron chi connectivity index (χ4n) is 5.34. The van der Waals surface area contributed by atoms with Crippen molar-refractivity contribution in [1.82, 2.24) is 20.4 Å². The first-order chi connectivity index (χ1) is 17.5. The Labute approximate surface area is 212 Å². The van der Waals surface area contributed by atoms with E-state index in [0.29, 0.717) is 31.2 Å². The van der Waals surface area contributed by atoms with Crippen LogP contribution in [0.4, 0.5) is 0 Å². The molecule has 9 nitrogen and oxygen atoms in total. The zero-order valence-electron chi connectivity index (χ0n) is 20.9. The van der Waals surface area contributed by atoms with Crippen LogP contribution >= 0.6 is 0 Å². The Kier molecular flexibility index (Phi) is 7.57. The molecule has 4 aliphatic rings. The molecule has 0 aromatic heterocycles. The number of ketones is 1. The second-order valence-corrected chi connectivity index (χ2v) is 10.4. The fraction of sp³-hybridized carbons (Fsp3) is 0.593. The molecule has 2 N–H and O–H groups in total. The summed E-state index contributed by atoms with van der Waals surface area (Å²) in [6.45, 7) is 3.34. The molecule has 5 rings (SSSR count). The molecule has 2 amide bonds. The van der Waals surface area contributed by atoms with Crippen molar-refractivity contribution in [2.24, 2.45) is 17.8 Å². The molecule has 194 valence electrons. The van der Waals surface area contributed by atoms with Gasteiger partial charge in [0.25, 0.3) is 0 Å². The van der Waals surface area contributed by atoms with Gasteiger partial charge in [0, 0.05) is 24.1 Å². The predicted octanol–water partition coefficient (Wildman–Crippen LogP) is 1.40. The van der Waals surface area contributed by atoms with E-state index in [9.17, 15) is 14.4 Å². The van der Waals surface area contributed by atoms with Crippen molar-refractivity contribution >= 4 is 17.6 Å². The highest BCUT2D eigenvalue weighted by atomic mass is 16.5. The number of fused-ring (bicyclic) bond motifs is 1. The van der Waals surface area contributed by atoms with Crippen LogP contribution in [-0.2, 0) is 14.3 Å². The smallest absolute Gasteiger partial charge is 0.236 e. The molecule has 0 spiro atoms. The number of nitrogens with zero attached hydrogens (tertiary/aromatic N) is 2. The van der Waals surface area contributed by atoms with Crippen LogP contribution in [0.25, 0.3) is 0 Å². The number of hydrogen-bond acceptors (Lipinski definition) is 7. The van der Waals surface area contributed by atoms with Crippen LogP contribution in [0.15, 0.2) is 36.6 Å². The third kappa shape index (κ3) is 5.90. The van der Waals surface area contributed by atoms with Gasteiger partial charge in [0.05, 0.1) is 38.5 Å². The van der Waals surface area contributed by atoms with Crippen molar-refractivity contribution in [2.75, 3.05) is 46.4 Å². The molecule has 3 atom stereocenters. The number of rotatable bonds is 9. The lowest BCUT2D eigenvalue weighted by Gasteiger charge is -2.40. The number of methoxy groups -OCH3 is 1. The van der Waals surface area contributed by atoms with Crippen LogP contribution in [0, 0.1) is 17.8 Å². The lowest BCUT2D eigenvalue weighted by molar-refractivity contribution is -0.136. The molecule has 1 aromatic rings. The normalized spacial score (nSPS) is 26.5. The Balaban J connectivity index is 1.13. The largest absolute Gasteiger partial charge is 0.501 e. The highest BCUT2D eigenvalue weighted by Crippen LogP contribution is 2.30. The molecule has 3 heterocycles. The minimum atomic E-state index is -0.281. The Hall–Kier alpha value is -2.91. The number of likely N-dealkylation sites (tertiary alicyclic amines) is 1. The SMILES string of the molecule is COc1ccc(C(=O)C2CCN(CC(=O)N(CC3CC3)CC3NC(=O)C4COC=CC4N3)CC2)cc1. The van der Waals surface area contributed by atoms with Gasteiger partial charge in [-0.2, -0.15) is 0 Å². The Morgan fingerprint density at radius 1 is 1.11 bits per heavy atom. The van der Waals surface area contributed by atoms with Gasteiger partial charge in [-0.3, -0.25) is 24.6 Å². The topological polar surface area (TPSA) is 100 Å². The van der Waals surface area contributed by atoms with Gasteiger partial charge in [-0.25, -0.2) is 0 Å². The van der Waals surface area contributed by atoms with E-state index < -0.39 is 0 Å². The van der Waals surface area contributed by atoms with Crippen molar-refractivity contribution in [1.29, 1.82) is 0 Å². The molecule has 0 radical (unpaired) electrons. The van der Waals surface area contributed by atoms with E-state index in [2.05, 4.69) is 15.5 Å². The van der Waals surface area contributed by atoms with E-state index in [1.807, 2.05) is 35.2 Å². The number of nitrogens with one attached hydrogen (secondary N) is 2. The first-order valence-electron chi connectivity index (χ1n) is 13.0. The van der Waals surface area contributed by atoms with Crippen LogP contribution < -0.4 is 15.4 Å². The Morgan fingerprint density at radius 3 is 2.56 bits per heavy atom. The summed E-state index contributed by atoms with van der Waals surface area (Å²) in [7, 11) is 1.61. The highest BCUT2D eigenvalue weighted by molar-refractivity contribution is 5.98. The van der Waals surface area contributed by atoms with Crippen molar-refractivity contribution in [3.63, 3.8) is 0 Å². The number of ether oxygens (including phenoxy) is 2. The van der Waals surface area contributed by atoms with E-state index in [1.165, 1.54) is 0 Å². The van der Waals surface area contributed by atoms with Gasteiger partial charge in [-0.1, -0.05) is 0 Å². The van der Waals surface area contributed by atoms with E-state index in [4.69, 9.17) is 9.47 Å². The van der Waals surface area contributed by atoms with Crippen molar-refractivity contribution in [3.8, 4) is 5.75 Å². The molecule has 2 saturated heterocycles. The maximum Gasteiger partial charge on any atom is 0.236 e. The standard InChI is InChI=1S/C27H36N4O5/c1-35-21-6-4-19(5-7-21)26(33)20-8-11-30(12-9-20)16-25(32)31(14-18-2-3-18)15-24-28-23-10-13-36-17-22(23)27(34)29-24/h4-7,10,13,18,20,22-24,28H,2-3,8-9,11-12,14-17H2,1H3,(H,29,34). The first-order valence-corrected chi connectivity index (χ1v) is 13.0. The van der Waals surface area contributed by atoms with E-state index in [0.717, 1.165) is 51.1 Å². The summed E-state index contributed by atoms with van der Waals surface area (Å²) >= 11 is 0. The van der Waals surface area contributed by atoms with Gasteiger partial charge in [-0.15, -0.1) is 0 Å². The molecule has 3 aliphatic heterocycles. The summed E-state index contributed by atoms with van der Waals surface area (Å²) in [6, 6.07) is 7.21. The molecule has 3 fully saturated rings. The molecule has 36 heavy (non-hydrogen) atoms. The van der Waals surface area contributed by atoms with E-state index >= 15 is 0 Å². The van der Waals surface area contributed by atoms with Crippen LogP contribution in [0.1, 0.15) is 36.0 Å². The molecule has 1 aromatic carbocycles. The number of hydrogen-bond donors (Lipinski definition) is 2. The van der Waals surface area contributed by atoms with E-state index in [-0.39, 0.29) is 41.6 Å². The first kappa shape index (κ1) is 24.8. The third-order valence-electron chi connectivity index (χ3n) is 7.76. The summed E-state index contributed by atoms with van der Waals surface area (Å²) in [4.78, 5) is 42.9. The summed E-state index contributed by atoms with van der Waals surface area (Å²) in [5.74, 6) is 1.26. The summed E-state index contributed by atoms with van der Waals surface area (Å²) in [5, 5.41) is 6.48. The quantitative estimate of drug-likeness (QED) is 0.499. The molecule has 1 saturated carbocycles. The van der Waals surface area contributed by atoms with Gasteiger partial charge in [0.15, 0.2) is 5.78 Å². The van der Waals surface area contributed by atoms with Gasteiger partial charge >= 0.3 is 0 Å². The van der Waals surface area contributed by atoms with Crippen LogP contribution in [0.3, 0.4) is 0 Å². The number of piperidine rings is 1. The Bertz CT molecular complexity index is 984. The Morgan fingerprint density at radius 2 is 1.86 bits per heavy atom. The van der Waals surface area contributed by atoms with E-state index in [1.54, 1.807) is 13.4 Å². The van der Waals surface area contributed by atoms with Crippen LogP contribution in [-0.4, -0.2) is 86.0 Å². The zero-order valence-corrected chi connectivity index (χ0v) is 20.9. The van der Waals surface area contributed by atoms with Crippen molar-refractivity contribution in [2.45, 2.75) is 37.9 Å². The summed E-state index contributed by atoms with van der Waals surface area (Å²) in [5.41, 5.74) is 0.713. The molecule has 9 heteroatoms. The summed E-state index contributed by atoms with van der Waals surface area (Å²) < 4.78 is 10.5. The number of benzene rings is 1. The lowest BCUT2D eigenvalue weighted by Crippen LogP contribution is -2.65. The van der Waals surface area contributed by atoms with Gasteiger partial charge in [-0.05, 0) is 75.0 Å².